The largest absolute Gasteiger partial charge is 0.481 e. The van der Waals surface area contributed by atoms with Crippen molar-refractivity contribution in [1.82, 2.24) is 9.55 Å². The van der Waals surface area contributed by atoms with E-state index < -0.39 is 6.10 Å². The predicted molar refractivity (Wildman–Crippen MR) is 108 cm³/mol. The minimum Gasteiger partial charge on any atom is -0.481 e. The van der Waals surface area contributed by atoms with Gasteiger partial charge in [-0.05, 0) is 61.9 Å². The number of carbonyl (C=O) groups excluding carboxylic acids is 2. The SMILES string of the molecule is Cc1cc(Cl)ccc1OC(C)C(=O)Nc1ccc(C(=O)c2nccn2C)cc1. The molecular formula is C21H20ClN3O3. The molecule has 7 heteroatoms. The molecule has 0 radical (unpaired) electrons. The van der Waals surface area contributed by atoms with Crippen molar-refractivity contribution < 1.29 is 14.3 Å². The molecule has 0 spiro atoms. The summed E-state index contributed by atoms with van der Waals surface area (Å²) in [6, 6.07) is 11.9. The number of aromatic nitrogens is 2. The fourth-order valence-electron chi connectivity index (χ4n) is 2.65. The molecule has 0 aliphatic rings. The molecule has 0 aliphatic heterocycles. The van der Waals surface area contributed by atoms with Gasteiger partial charge in [0.05, 0.1) is 0 Å². The van der Waals surface area contributed by atoms with E-state index in [1.54, 1.807) is 73.4 Å². The van der Waals surface area contributed by atoms with E-state index in [-0.39, 0.29) is 11.7 Å². The second-order valence-electron chi connectivity index (χ2n) is 6.43. The van der Waals surface area contributed by atoms with Crippen LogP contribution in [0.25, 0.3) is 0 Å². The molecule has 0 aliphatic carbocycles. The van der Waals surface area contributed by atoms with Crippen molar-refractivity contribution in [2.75, 3.05) is 5.32 Å². The van der Waals surface area contributed by atoms with Gasteiger partial charge in [-0.2, -0.15) is 0 Å². The Morgan fingerprint density at radius 1 is 1.18 bits per heavy atom. The van der Waals surface area contributed by atoms with Gasteiger partial charge >= 0.3 is 0 Å². The van der Waals surface area contributed by atoms with Gasteiger partial charge < -0.3 is 14.6 Å². The van der Waals surface area contributed by atoms with E-state index in [1.807, 2.05) is 6.92 Å². The van der Waals surface area contributed by atoms with E-state index >= 15 is 0 Å². The van der Waals surface area contributed by atoms with Gasteiger partial charge in [0.25, 0.3) is 5.91 Å². The molecule has 144 valence electrons. The summed E-state index contributed by atoms with van der Waals surface area (Å²) >= 11 is 5.94. The third-order valence-electron chi connectivity index (χ3n) is 4.25. The normalized spacial score (nSPS) is 11.7. The fourth-order valence-corrected chi connectivity index (χ4v) is 2.88. The lowest BCUT2D eigenvalue weighted by Crippen LogP contribution is -2.30. The molecule has 0 fully saturated rings. The number of rotatable bonds is 6. The summed E-state index contributed by atoms with van der Waals surface area (Å²) in [6.07, 6.45) is 2.59. The summed E-state index contributed by atoms with van der Waals surface area (Å²) < 4.78 is 7.38. The highest BCUT2D eigenvalue weighted by Crippen LogP contribution is 2.23. The number of ketones is 1. The van der Waals surface area contributed by atoms with Crippen LogP contribution in [0.1, 0.15) is 28.7 Å². The second-order valence-corrected chi connectivity index (χ2v) is 6.86. The number of nitrogens with zero attached hydrogens (tertiary/aromatic N) is 2. The number of ether oxygens (including phenoxy) is 1. The Morgan fingerprint density at radius 3 is 2.50 bits per heavy atom. The van der Waals surface area contributed by atoms with E-state index in [4.69, 9.17) is 16.3 Å². The van der Waals surface area contributed by atoms with Gasteiger partial charge in [-0.15, -0.1) is 0 Å². The van der Waals surface area contributed by atoms with Crippen LogP contribution in [0.2, 0.25) is 5.02 Å². The zero-order valence-corrected chi connectivity index (χ0v) is 16.5. The maximum atomic E-state index is 12.4. The summed E-state index contributed by atoms with van der Waals surface area (Å²) in [5, 5.41) is 3.40. The Hall–Kier alpha value is -3.12. The highest BCUT2D eigenvalue weighted by molar-refractivity contribution is 6.30. The molecule has 1 unspecified atom stereocenters. The smallest absolute Gasteiger partial charge is 0.265 e. The number of benzene rings is 2. The van der Waals surface area contributed by atoms with Crippen molar-refractivity contribution in [2.24, 2.45) is 7.05 Å². The molecule has 28 heavy (non-hydrogen) atoms. The number of imidazole rings is 1. The molecule has 3 rings (SSSR count). The summed E-state index contributed by atoms with van der Waals surface area (Å²) in [7, 11) is 1.76. The van der Waals surface area contributed by atoms with Crippen LogP contribution >= 0.6 is 11.6 Å². The van der Waals surface area contributed by atoms with Crippen LogP contribution in [0.15, 0.2) is 54.9 Å². The maximum absolute atomic E-state index is 12.4. The molecule has 1 amide bonds. The van der Waals surface area contributed by atoms with E-state index in [2.05, 4.69) is 10.3 Å². The molecule has 3 aromatic rings. The molecule has 1 aromatic heterocycles. The second kappa shape index (κ2) is 8.27. The van der Waals surface area contributed by atoms with Crippen LogP contribution in [-0.2, 0) is 11.8 Å². The molecule has 1 atom stereocenters. The average molecular weight is 398 g/mol. The van der Waals surface area contributed by atoms with Crippen LogP contribution in [0.4, 0.5) is 5.69 Å². The lowest BCUT2D eigenvalue weighted by atomic mass is 10.1. The summed E-state index contributed by atoms with van der Waals surface area (Å²) in [5.74, 6) is 0.484. The Bertz CT molecular complexity index is 1010. The molecule has 1 N–H and O–H groups in total. The molecular weight excluding hydrogens is 378 g/mol. The van der Waals surface area contributed by atoms with E-state index in [0.29, 0.717) is 27.8 Å². The first-order valence-electron chi connectivity index (χ1n) is 8.71. The Morgan fingerprint density at radius 2 is 1.89 bits per heavy atom. The van der Waals surface area contributed by atoms with Crippen LogP contribution in [0.5, 0.6) is 5.75 Å². The van der Waals surface area contributed by atoms with Crippen molar-refractivity contribution in [1.29, 1.82) is 0 Å². The van der Waals surface area contributed by atoms with Crippen LogP contribution in [0, 0.1) is 6.92 Å². The first-order valence-corrected chi connectivity index (χ1v) is 9.08. The number of aryl methyl sites for hydroxylation is 2. The summed E-state index contributed by atoms with van der Waals surface area (Å²) in [4.78, 5) is 28.9. The van der Waals surface area contributed by atoms with Crippen LogP contribution < -0.4 is 10.1 Å². The lowest BCUT2D eigenvalue weighted by molar-refractivity contribution is -0.122. The summed E-state index contributed by atoms with van der Waals surface area (Å²) in [5.41, 5.74) is 1.92. The minimum absolute atomic E-state index is 0.180. The Balaban J connectivity index is 1.64. The third-order valence-corrected chi connectivity index (χ3v) is 4.48. The van der Waals surface area contributed by atoms with E-state index in [1.165, 1.54) is 0 Å². The number of hydrogen-bond acceptors (Lipinski definition) is 4. The zero-order valence-electron chi connectivity index (χ0n) is 15.8. The average Bonchev–Trinajstić information content (AvgIpc) is 3.10. The zero-order chi connectivity index (χ0) is 20.3. The van der Waals surface area contributed by atoms with E-state index in [9.17, 15) is 9.59 Å². The van der Waals surface area contributed by atoms with Crippen molar-refractivity contribution in [3.05, 3.63) is 76.8 Å². The molecule has 0 saturated heterocycles. The third kappa shape index (κ3) is 4.40. The first-order chi connectivity index (χ1) is 13.3. The van der Waals surface area contributed by atoms with Gasteiger partial charge in [-0.3, -0.25) is 9.59 Å². The Labute approximate surface area is 168 Å². The van der Waals surface area contributed by atoms with Crippen LogP contribution in [0.3, 0.4) is 0 Å². The van der Waals surface area contributed by atoms with Gasteiger partial charge in [0.2, 0.25) is 5.78 Å². The molecule has 0 bridgehead atoms. The van der Waals surface area contributed by atoms with Crippen molar-refractivity contribution in [3.8, 4) is 5.75 Å². The summed E-state index contributed by atoms with van der Waals surface area (Å²) in [6.45, 7) is 3.53. The Kier molecular flexibility index (Phi) is 5.80. The quantitative estimate of drug-likeness (QED) is 0.637. The topological polar surface area (TPSA) is 73.2 Å². The highest BCUT2D eigenvalue weighted by atomic mass is 35.5. The van der Waals surface area contributed by atoms with Crippen molar-refractivity contribution >= 4 is 29.0 Å². The van der Waals surface area contributed by atoms with Crippen molar-refractivity contribution in [3.63, 3.8) is 0 Å². The molecule has 2 aromatic carbocycles. The van der Waals surface area contributed by atoms with Gasteiger partial charge in [0.15, 0.2) is 11.9 Å². The van der Waals surface area contributed by atoms with E-state index in [0.717, 1.165) is 5.56 Å². The monoisotopic (exact) mass is 397 g/mol. The number of carbonyl (C=O) groups is 2. The number of anilines is 1. The highest BCUT2D eigenvalue weighted by Gasteiger charge is 2.17. The van der Waals surface area contributed by atoms with Crippen LogP contribution in [-0.4, -0.2) is 27.3 Å². The number of nitrogens with one attached hydrogen (secondary N) is 1. The predicted octanol–water partition coefficient (Wildman–Crippen LogP) is 4.02. The standard InChI is InChI=1S/C21H20ClN3O3/c1-13-12-16(22)6-9-18(13)28-14(2)21(27)24-17-7-4-15(5-8-17)19(26)20-23-10-11-25(20)3/h4-12,14H,1-3H3,(H,24,27). The number of amides is 1. The lowest BCUT2D eigenvalue weighted by Gasteiger charge is -2.16. The number of halogens is 1. The maximum Gasteiger partial charge on any atom is 0.265 e. The fraction of sp³-hybridized carbons (Fsp3) is 0.190. The minimum atomic E-state index is -0.700. The number of hydrogen-bond donors (Lipinski definition) is 1. The molecule has 0 saturated carbocycles. The van der Waals surface area contributed by atoms with Gasteiger partial charge in [-0.25, -0.2) is 4.98 Å². The first kappa shape index (κ1) is 19.6. The molecule has 1 heterocycles. The van der Waals surface area contributed by atoms with Gasteiger partial charge in [0, 0.05) is 35.7 Å². The van der Waals surface area contributed by atoms with Crippen molar-refractivity contribution in [2.45, 2.75) is 20.0 Å². The van der Waals surface area contributed by atoms with Gasteiger partial charge in [-0.1, -0.05) is 11.6 Å². The van der Waals surface area contributed by atoms with Gasteiger partial charge in [0.1, 0.15) is 5.75 Å². The molecule has 6 nitrogen and oxygen atoms in total.